The van der Waals surface area contributed by atoms with Gasteiger partial charge >= 0.3 is 0 Å². The van der Waals surface area contributed by atoms with Crippen molar-refractivity contribution in [2.75, 3.05) is 39.4 Å². The van der Waals surface area contributed by atoms with Crippen molar-refractivity contribution in [1.82, 2.24) is 10.2 Å². The van der Waals surface area contributed by atoms with E-state index in [-0.39, 0.29) is 5.56 Å². The Morgan fingerprint density at radius 1 is 1.42 bits per heavy atom. The third kappa shape index (κ3) is 4.16. The molecule has 2 rings (SSSR count). The fourth-order valence-corrected chi connectivity index (χ4v) is 2.09. The second-order valence-corrected chi connectivity index (χ2v) is 4.77. The molecule has 0 spiro atoms. The predicted molar refractivity (Wildman–Crippen MR) is 71.0 cm³/mol. The molecule has 0 aliphatic carbocycles. The molecule has 1 heterocycles. The van der Waals surface area contributed by atoms with Crippen molar-refractivity contribution in [3.05, 3.63) is 34.6 Å². The van der Waals surface area contributed by atoms with Crippen LogP contribution in [0, 0.1) is 5.82 Å². The summed E-state index contributed by atoms with van der Waals surface area (Å²) in [6.07, 6.45) is 0. The van der Waals surface area contributed by atoms with Crippen molar-refractivity contribution < 1.29 is 13.9 Å². The van der Waals surface area contributed by atoms with E-state index in [0.717, 1.165) is 32.8 Å². The average molecular weight is 287 g/mol. The molecule has 1 aliphatic heterocycles. The number of hydrogen-bond donors (Lipinski definition) is 1. The Hall–Kier alpha value is -1.17. The highest BCUT2D eigenvalue weighted by Crippen LogP contribution is 2.14. The summed E-state index contributed by atoms with van der Waals surface area (Å²) in [5.41, 5.74) is -0.0190. The van der Waals surface area contributed by atoms with E-state index >= 15 is 0 Å². The van der Waals surface area contributed by atoms with Gasteiger partial charge in [-0.15, -0.1) is 0 Å². The quantitative estimate of drug-likeness (QED) is 0.913. The van der Waals surface area contributed by atoms with Crippen LogP contribution in [0.3, 0.4) is 0 Å². The molecule has 0 atom stereocenters. The molecule has 104 valence electrons. The van der Waals surface area contributed by atoms with Crippen molar-refractivity contribution in [3.63, 3.8) is 0 Å². The highest BCUT2D eigenvalue weighted by molar-refractivity contribution is 6.30. The molecule has 1 saturated heterocycles. The number of morpholine rings is 1. The van der Waals surface area contributed by atoms with Gasteiger partial charge in [0.15, 0.2) is 0 Å². The zero-order chi connectivity index (χ0) is 13.7. The molecule has 1 N–H and O–H groups in total. The van der Waals surface area contributed by atoms with E-state index in [9.17, 15) is 9.18 Å². The van der Waals surface area contributed by atoms with Crippen LogP contribution >= 0.6 is 11.6 Å². The lowest BCUT2D eigenvalue weighted by molar-refractivity contribution is 0.0383. The van der Waals surface area contributed by atoms with Gasteiger partial charge in [0.05, 0.1) is 18.8 Å². The minimum Gasteiger partial charge on any atom is -0.379 e. The largest absolute Gasteiger partial charge is 0.379 e. The SMILES string of the molecule is O=C(NCCN1CCOCC1)c1cc(Cl)ccc1F. The van der Waals surface area contributed by atoms with Gasteiger partial charge in [0, 0.05) is 31.2 Å². The Labute approximate surface area is 116 Å². The van der Waals surface area contributed by atoms with Gasteiger partial charge < -0.3 is 10.1 Å². The van der Waals surface area contributed by atoms with Crippen LogP contribution in [-0.2, 0) is 4.74 Å². The van der Waals surface area contributed by atoms with Crippen LogP contribution in [0.4, 0.5) is 4.39 Å². The van der Waals surface area contributed by atoms with Gasteiger partial charge in [0.2, 0.25) is 0 Å². The molecule has 1 aliphatic rings. The molecule has 0 unspecified atom stereocenters. The zero-order valence-corrected chi connectivity index (χ0v) is 11.3. The Kier molecular flexibility index (Phi) is 5.13. The highest BCUT2D eigenvalue weighted by atomic mass is 35.5. The van der Waals surface area contributed by atoms with E-state index in [0.29, 0.717) is 11.6 Å². The third-order valence-electron chi connectivity index (χ3n) is 2.99. The maximum Gasteiger partial charge on any atom is 0.254 e. The maximum absolute atomic E-state index is 13.5. The molecule has 0 aromatic heterocycles. The van der Waals surface area contributed by atoms with Gasteiger partial charge in [0.1, 0.15) is 5.82 Å². The number of ether oxygens (including phenoxy) is 1. The number of hydrogen-bond acceptors (Lipinski definition) is 3. The lowest BCUT2D eigenvalue weighted by Crippen LogP contribution is -2.41. The average Bonchev–Trinajstić information content (AvgIpc) is 2.42. The second-order valence-electron chi connectivity index (χ2n) is 4.33. The van der Waals surface area contributed by atoms with E-state index in [1.807, 2.05) is 0 Å². The zero-order valence-electron chi connectivity index (χ0n) is 10.5. The van der Waals surface area contributed by atoms with E-state index < -0.39 is 11.7 Å². The first-order valence-corrected chi connectivity index (χ1v) is 6.58. The summed E-state index contributed by atoms with van der Waals surface area (Å²) in [5.74, 6) is -0.999. The van der Waals surface area contributed by atoms with E-state index in [1.165, 1.54) is 18.2 Å². The summed E-state index contributed by atoms with van der Waals surface area (Å²) in [4.78, 5) is 14.0. The lowest BCUT2D eigenvalue weighted by atomic mass is 10.2. The number of halogens is 2. The van der Waals surface area contributed by atoms with E-state index in [2.05, 4.69) is 10.2 Å². The molecular weight excluding hydrogens is 271 g/mol. The van der Waals surface area contributed by atoms with Crippen LogP contribution < -0.4 is 5.32 Å². The summed E-state index contributed by atoms with van der Waals surface area (Å²) in [6, 6.07) is 3.95. The van der Waals surface area contributed by atoms with Gasteiger partial charge in [-0.2, -0.15) is 0 Å². The van der Waals surface area contributed by atoms with Crippen LogP contribution in [0.2, 0.25) is 5.02 Å². The van der Waals surface area contributed by atoms with Crippen molar-refractivity contribution in [2.24, 2.45) is 0 Å². The summed E-state index contributed by atoms with van der Waals surface area (Å²) in [6.45, 7) is 4.37. The predicted octanol–water partition coefficient (Wildman–Crippen LogP) is 1.54. The smallest absolute Gasteiger partial charge is 0.254 e. The number of nitrogens with one attached hydrogen (secondary N) is 1. The number of benzene rings is 1. The highest BCUT2D eigenvalue weighted by Gasteiger charge is 2.13. The van der Waals surface area contributed by atoms with Gasteiger partial charge in [-0.25, -0.2) is 4.39 Å². The van der Waals surface area contributed by atoms with Gasteiger partial charge in [0.25, 0.3) is 5.91 Å². The minimum atomic E-state index is -0.562. The van der Waals surface area contributed by atoms with Crippen LogP contribution in [0.15, 0.2) is 18.2 Å². The molecule has 0 radical (unpaired) electrons. The summed E-state index contributed by atoms with van der Waals surface area (Å²) >= 11 is 5.75. The molecule has 1 fully saturated rings. The molecule has 0 bridgehead atoms. The lowest BCUT2D eigenvalue weighted by Gasteiger charge is -2.26. The first-order chi connectivity index (χ1) is 9.16. The maximum atomic E-state index is 13.5. The molecule has 1 amide bonds. The Balaban J connectivity index is 1.82. The number of rotatable bonds is 4. The Morgan fingerprint density at radius 3 is 2.89 bits per heavy atom. The van der Waals surface area contributed by atoms with Crippen molar-refractivity contribution in [3.8, 4) is 0 Å². The van der Waals surface area contributed by atoms with Crippen molar-refractivity contribution in [1.29, 1.82) is 0 Å². The number of amides is 1. The molecule has 4 nitrogen and oxygen atoms in total. The number of carbonyl (C=O) groups excluding carboxylic acids is 1. The number of carbonyl (C=O) groups is 1. The van der Waals surface area contributed by atoms with Gasteiger partial charge in [-0.3, -0.25) is 9.69 Å². The summed E-state index contributed by atoms with van der Waals surface area (Å²) < 4.78 is 18.7. The standard InChI is InChI=1S/C13H16ClFN2O2/c14-10-1-2-12(15)11(9-10)13(18)16-3-4-17-5-7-19-8-6-17/h1-2,9H,3-8H2,(H,16,18). The van der Waals surface area contributed by atoms with Crippen LogP contribution in [0.1, 0.15) is 10.4 Å². The van der Waals surface area contributed by atoms with Gasteiger partial charge in [-0.05, 0) is 18.2 Å². The van der Waals surface area contributed by atoms with Crippen LogP contribution in [0.5, 0.6) is 0 Å². The third-order valence-corrected chi connectivity index (χ3v) is 3.23. The van der Waals surface area contributed by atoms with Crippen LogP contribution in [-0.4, -0.2) is 50.2 Å². The van der Waals surface area contributed by atoms with Crippen molar-refractivity contribution in [2.45, 2.75) is 0 Å². The monoisotopic (exact) mass is 286 g/mol. The normalized spacial score (nSPS) is 16.3. The Bertz CT molecular complexity index is 450. The Morgan fingerprint density at radius 2 is 2.16 bits per heavy atom. The first-order valence-electron chi connectivity index (χ1n) is 6.20. The molecule has 1 aromatic rings. The minimum absolute atomic E-state index is 0.0190. The topological polar surface area (TPSA) is 41.6 Å². The van der Waals surface area contributed by atoms with Crippen molar-refractivity contribution >= 4 is 17.5 Å². The first kappa shape index (κ1) is 14.2. The summed E-state index contributed by atoms with van der Waals surface area (Å²) in [7, 11) is 0. The fourth-order valence-electron chi connectivity index (χ4n) is 1.92. The van der Waals surface area contributed by atoms with Gasteiger partial charge in [-0.1, -0.05) is 11.6 Å². The molecule has 6 heteroatoms. The second kappa shape index (κ2) is 6.84. The molecule has 0 saturated carbocycles. The van der Waals surface area contributed by atoms with E-state index in [1.54, 1.807) is 0 Å². The number of nitrogens with zero attached hydrogens (tertiary/aromatic N) is 1. The summed E-state index contributed by atoms with van der Waals surface area (Å²) in [5, 5.41) is 3.04. The van der Waals surface area contributed by atoms with Crippen LogP contribution in [0.25, 0.3) is 0 Å². The molecule has 19 heavy (non-hydrogen) atoms. The molecular formula is C13H16ClFN2O2. The van der Waals surface area contributed by atoms with E-state index in [4.69, 9.17) is 16.3 Å². The fraction of sp³-hybridized carbons (Fsp3) is 0.462. The molecule has 1 aromatic carbocycles.